The van der Waals surface area contributed by atoms with Crippen molar-refractivity contribution in [2.24, 2.45) is 11.7 Å². The van der Waals surface area contributed by atoms with Crippen molar-refractivity contribution in [3.8, 4) is 0 Å². The molecular formula is C20H21ClFN3O4S. The molecule has 0 unspecified atom stereocenters. The van der Waals surface area contributed by atoms with E-state index in [2.05, 4.69) is 5.32 Å². The Morgan fingerprint density at radius 1 is 1.13 bits per heavy atom. The van der Waals surface area contributed by atoms with Crippen molar-refractivity contribution in [1.29, 1.82) is 0 Å². The van der Waals surface area contributed by atoms with Crippen LogP contribution in [0.15, 0.2) is 42.5 Å². The second kappa shape index (κ2) is 9.11. The van der Waals surface area contributed by atoms with Crippen molar-refractivity contribution >= 4 is 39.1 Å². The van der Waals surface area contributed by atoms with Crippen molar-refractivity contribution in [3.05, 3.63) is 64.4 Å². The number of nitrogens with one attached hydrogen (secondary N) is 1. The first-order valence-electron chi connectivity index (χ1n) is 9.29. The lowest BCUT2D eigenvalue weighted by Gasteiger charge is -2.30. The molecule has 0 bridgehead atoms. The lowest BCUT2D eigenvalue weighted by molar-refractivity contribution is -0.120. The molecule has 1 heterocycles. The van der Waals surface area contributed by atoms with Crippen molar-refractivity contribution in [3.63, 3.8) is 0 Å². The minimum atomic E-state index is -3.77. The number of amides is 2. The Kier molecular flexibility index (Phi) is 6.74. The number of rotatable bonds is 6. The molecule has 0 spiro atoms. The number of hydrogen-bond acceptors (Lipinski definition) is 4. The van der Waals surface area contributed by atoms with Crippen molar-refractivity contribution in [2.75, 3.05) is 18.4 Å². The Labute approximate surface area is 179 Å². The zero-order valence-electron chi connectivity index (χ0n) is 16.0. The summed E-state index contributed by atoms with van der Waals surface area (Å²) < 4.78 is 40.6. The van der Waals surface area contributed by atoms with Crippen LogP contribution in [0.25, 0.3) is 0 Å². The van der Waals surface area contributed by atoms with E-state index < -0.39 is 27.5 Å². The minimum Gasteiger partial charge on any atom is -0.366 e. The molecule has 1 fully saturated rings. The number of nitrogens with two attached hydrogens (primary N) is 1. The number of piperidine rings is 1. The van der Waals surface area contributed by atoms with E-state index in [9.17, 15) is 22.4 Å². The summed E-state index contributed by atoms with van der Waals surface area (Å²) in [6.07, 6.45) is 0.685. The second-order valence-electron chi connectivity index (χ2n) is 7.06. The lowest BCUT2D eigenvalue weighted by Crippen LogP contribution is -2.42. The van der Waals surface area contributed by atoms with E-state index in [1.165, 1.54) is 34.6 Å². The molecule has 10 heteroatoms. The standard InChI is InChI=1S/C20H21ClFN3O4S/c21-17-2-1-3-18(22)16(17)12-30(28,29)25-10-8-14(9-11-25)20(27)24-15-6-4-13(5-7-15)19(23)26/h1-7,14H,8-12H2,(H2,23,26)(H,24,27). The first kappa shape index (κ1) is 22.2. The highest BCUT2D eigenvalue weighted by Crippen LogP contribution is 2.26. The molecule has 30 heavy (non-hydrogen) atoms. The fourth-order valence-corrected chi connectivity index (χ4v) is 5.22. The highest BCUT2D eigenvalue weighted by molar-refractivity contribution is 7.88. The molecule has 0 saturated carbocycles. The Morgan fingerprint density at radius 2 is 1.77 bits per heavy atom. The molecule has 7 nitrogen and oxygen atoms in total. The van der Waals surface area contributed by atoms with Gasteiger partial charge in [-0.15, -0.1) is 0 Å². The quantitative estimate of drug-likeness (QED) is 0.700. The summed E-state index contributed by atoms with van der Waals surface area (Å²) in [5, 5.41) is 2.83. The third kappa shape index (κ3) is 5.16. The predicted octanol–water partition coefficient (Wildman–Crippen LogP) is 2.76. The van der Waals surface area contributed by atoms with Crippen LogP contribution in [0.2, 0.25) is 5.02 Å². The van der Waals surface area contributed by atoms with Crippen molar-refractivity contribution in [2.45, 2.75) is 18.6 Å². The molecule has 2 amide bonds. The van der Waals surface area contributed by atoms with Gasteiger partial charge in [-0.2, -0.15) is 0 Å². The van der Waals surface area contributed by atoms with Gasteiger partial charge >= 0.3 is 0 Å². The number of halogens is 2. The van der Waals surface area contributed by atoms with Gasteiger partial charge in [0.25, 0.3) is 0 Å². The van der Waals surface area contributed by atoms with Gasteiger partial charge in [-0.3, -0.25) is 9.59 Å². The third-order valence-corrected chi connectivity index (χ3v) is 7.20. The fourth-order valence-electron chi connectivity index (χ4n) is 3.30. The molecule has 0 aromatic heterocycles. The number of sulfonamides is 1. The van der Waals surface area contributed by atoms with Crippen LogP contribution in [0.5, 0.6) is 0 Å². The topological polar surface area (TPSA) is 110 Å². The Balaban J connectivity index is 1.58. The molecule has 0 radical (unpaired) electrons. The van der Waals surface area contributed by atoms with E-state index in [4.69, 9.17) is 17.3 Å². The number of carbonyl (C=O) groups is 2. The molecule has 1 aliphatic heterocycles. The van der Waals surface area contributed by atoms with E-state index >= 15 is 0 Å². The van der Waals surface area contributed by atoms with Gasteiger partial charge in [0.2, 0.25) is 21.8 Å². The van der Waals surface area contributed by atoms with Crippen LogP contribution in [-0.2, 0) is 20.6 Å². The number of benzene rings is 2. The van der Waals surface area contributed by atoms with Crippen LogP contribution in [0.4, 0.5) is 10.1 Å². The maximum absolute atomic E-state index is 13.9. The van der Waals surface area contributed by atoms with Crippen LogP contribution in [0.1, 0.15) is 28.8 Å². The second-order valence-corrected chi connectivity index (χ2v) is 9.44. The van der Waals surface area contributed by atoms with E-state index in [0.717, 1.165) is 0 Å². The van der Waals surface area contributed by atoms with Crippen LogP contribution in [0.3, 0.4) is 0 Å². The van der Waals surface area contributed by atoms with Gasteiger partial charge in [0, 0.05) is 40.8 Å². The van der Waals surface area contributed by atoms with Gasteiger partial charge in [0.1, 0.15) is 5.82 Å². The molecule has 3 N–H and O–H groups in total. The summed E-state index contributed by atoms with van der Waals surface area (Å²) in [7, 11) is -3.77. The van der Waals surface area contributed by atoms with Gasteiger partial charge in [-0.1, -0.05) is 17.7 Å². The normalized spacial score (nSPS) is 15.7. The molecule has 1 saturated heterocycles. The molecular weight excluding hydrogens is 433 g/mol. The maximum atomic E-state index is 13.9. The summed E-state index contributed by atoms with van der Waals surface area (Å²) in [5.41, 5.74) is 5.99. The average Bonchev–Trinajstić information content (AvgIpc) is 2.71. The number of anilines is 1. The number of hydrogen-bond donors (Lipinski definition) is 2. The molecule has 2 aromatic carbocycles. The Bertz CT molecular complexity index is 1030. The highest BCUT2D eigenvalue weighted by atomic mass is 35.5. The van der Waals surface area contributed by atoms with Crippen molar-refractivity contribution < 1.29 is 22.4 Å². The molecule has 1 aliphatic rings. The summed E-state index contributed by atoms with van der Waals surface area (Å²) >= 11 is 5.94. The maximum Gasteiger partial charge on any atom is 0.248 e. The van der Waals surface area contributed by atoms with Crippen LogP contribution in [0, 0.1) is 11.7 Å². The number of nitrogens with zero attached hydrogens (tertiary/aromatic N) is 1. The predicted molar refractivity (Wildman–Crippen MR) is 112 cm³/mol. The van der Waals surface area contributed by atoms with Gasteiger partial charge in [-0.05, 0) is 49.2 Å². The van der Waals surface area contributed by atoms with Crippen LogP contribution in [-0.4, -0.2) is 37.6 Å². The van der Waals surface area contributed by atoms with Crippen molar-refractivity contribution in [1.82, 2.24) is 4.31 Å². The lowest BCUT2D eigenvalue weighted by atomic mass is 9.97. The van der Waals surface area contributed by atoms with Gasteiger partial charge in [0.15, 0.2) is 0 Å². The molecule has 0 aliphatic carbocycles. The fraction of sp³-hybridized carbons (Fsp3) is 0.300. The van der Waals surface area contributed by atoms with E-state index in [1.54, 1.807) is 12.1 Å². The molecule has 160 valence electrons. The SMILES string of the molecule is NC(=O)c1ccc(NC(=O)C2CCN(S(=O)(=O)Cc3c(F)cccc3Cl)CC2)cc1. The van der Waals surface area contributed by atoms with E-state index in [1.807, 2.05) is 0 Å². The average molecular weight is 454 g/mol. The summed E-state index contributed by atoms with van der Waals surface area (Å²) in [6.45, 7) is 0.320. The van der Waals surface area contributed by atoms with E-state index in [-0.39, 0.29) is 35.5 Å². The number of primary amides is 1. The first-order chi connectivity index (χ1) is 14.2. The van der Waals surface area contributed by atoms with Gasteiger partial charge in [-0.25, -0.2) is 17.1 Å². The zero-order valence-corrected chi connectivity index (χ0v) is 17.5. The molecule has 3 rings (SSSR count). The Hall–Kier alpha value is -2.49. The minimum absolute atomic E-state index is 0.0570. The summed E-state index contributed by atoms with van der Waals surface area (Å²) in [4.78, 5) is 23.6. The number of carbonyl (C=O) groups excluding carboxylic acids is 2. The van der Waals surface area contributed by atoms with Crippen LogP contribution < -0.4 is 11.1 Å². The Morgan fingerprint density at radius 3 is 2.33 bits per heavy atom. The summed E-state index contributed by atoms with van der Waals surface area (Å²) in [6, 6.07) is 10.2. The van der Waals surface area contributed by atoms with Crippen LogP contribution >= 0.6 is 11.6 Å². The van der Waals surface area contributed by atoms with E-state index in [0.29, 0.717) is 24.1 Å². The summed E-state index contributed by atoms with van der Waals surface area (Å²) in [5.74, 6) is -2.33. The largest absolute Gasteiger partial charge is 0.366 e. The van der Waals surface area contributed by atoms with Gasteiger partial charge in [0.05, 0.1) is 5.75 Å². The monoisotopic (exact) mass is 453 g/mol. The molecule has 2 aromatic rings. The smallest absolute Gasteiger partial charge is 0.248 e. The third-order valence-electron chi connectivity index (χ3n) is 5.04. The highest BCUT2D eigenvalue weighted by Gasteiger charge is 2.32. The molecule has 0 atom stereocenters. The van der Waals surface area contributed by atoms with Gasteiger partial charge < -0.3 is 11.1 Å². The zero-order chi connectivity index (χ0) is 21.9. The first-order valence-corrected chi connectivity index (χ1v) is 11.3.